The van der Waals surface area contributed by atoms with Gasteiger partial charge >= 0.3 is 0 Å². The van der Waals surface area contributed by atoms with Gasteiger partial charge in [0.05, 0.1) is 5.52 Å². The first kappa shape index (κ1) is 10.8. The second kappa shape index (κ2) is 4.43. The molecule has 0 aliphatic carbocycles. The minimum atomic E-state index is 0.305. The van der Waals surface area contributed by atoms with Crippen LogP contribution in [-0.4, -0.2) is 20.8 Å². The molecular weight excluding hydrogens is 202 g/mol. The lowest BCUT2D eigenvalue weighted by Gasteiger charge is -2.00. The zero-order valence-corrected chi connectivity index (χ0v) is 9.60. The SMILES string of the molecule is CCC(=O)CCc1ccc2c(c1)nnn2C. The van der Waals surface area contributed by atoms with Crippen LogP contribution in [0.1, 0.15) is 25.3 Å². The van der Waals surface area contributed by atoms with E-state index in [9.17, 15) is 4.79 Å². The van der Waals surface area contributed by atoms with Crippen LogP contribution in [0.2, 0.25) is 0 Å². The number of aryl methyl sites for hydroxylation is 2. The first-order chi connectivity index (χ1) is 7.70. The van der Waals surface area contributed by atoms with E-state index in [1.807, 2.05) is 32.2 Å². The highest BCUT2D eigenvalue weighted by Gasteiger charge is 2.04. The van der Waals surface area contributed by atoms with Gasteiger partial charge in [0.25, 0.3) is 0 Å². The van der Waals surface area contributed by atoms with Crippen molar-refractivity contribution in [3.63, 3.8) is 0 Å². The van der Waals surface area contributed by atoms with Crippen molar-refractivity contribution >= 4 is 16.8 Å². The van der Waals surface area contributed by atoms with Gasteiger partial charge in [-0.3, -0.25) is 4.79 Å². The zero-order valence-electron chi connectivity index (χ0n) is 9.60. The van der Waals surface area contributed by atoms with Crippen molar-refractivity contribution in [2.45, 2.75) is 26.2 Å². The number of aromatic nitrogens is 3. The summed E-state index contributed by atoms with van der Waals surface area (Å²) in [6.45, 7) is 1.90. The van der Waals surface area contributed by atoms with Gasteiger partial charge in [0.15, 0.2) is 0 Å². The summed E-state index contributed by atoms with van der Waals surface area (Å²) in [5, 5.41) is 8.00. The van der Waals surface area contributed by atoms with E-state index in [0.29, 0.717) is 18.6 Å². The summed E-state index contributed by atoms with van der Waals surface area (Å²) in [5.74, 6) is 0.305. The summed E-state index contributed by atoms with van der Waals surface area (Å²) >= 11 is 0. The summed E-state index contributed by atoms with van der Waals surface area (Å²) in [7, 11) is 1.87. The smallest absolute Gasteiger partial charge is 0.132 e. The van der Waals surface area contributed by atoms with Crippen LogP contribution in [0.15, 0.2) is 18.2 Å². The Kier molecular flexibility index (Phi) is 2.99. The Balaban J connectivity index is 2.17. The van der Waals surface area contributed by atoms with Crippen molar-refractivity contribution < 1.29 is 4.79 Å². The Morgan fingerprint density at radius 3 is 3.00 bits per heavy atom. The van der Waals surface area contributed by atoms with Crippen LogP contribution in [0.5, 0.6) is 0 Å². The Morgan fingerprint density at radius 2 is 2.25 bits per heavy atom. The van der Waals surface area contributed by atoms with E-state index in [1.54, 1.807) is 4.68 Å². The van der Waals surface area contributed by atoms with Gasteiger partial charge in [-0.25, -0.2) is 4.68 Å². The molecular formula is C12H15N3O. The number of benzene rings is 1. The lowest BCUT2D eigenvalue weighted by atomic mass is 10.1. The molecule has 2 aromatic rings. The quantitative estimate of drug-likeness (QED) is 0.785. The average molecular weight is 217 g/mol. The highest BCUT2D eigenvalue weighted by Crippen LogP contribution is 2.14. The Labute approximate surface area is 94.3 Å². The zero-order chi connectivity index (χ0) is 11.5. The summed E-state index contributed by atoms with van der Waals surface area (Å²) < 4.78 is 1.75. The Morgan fingerprint density at radius 1 is 1.44 bits per heavy atom. The third kappa shape index (κ3) is 2.10. The minimum absolute atomic E-state index is 0.305. The number of hydrogen-bond acceptors (Lipinski definition) is 3. The fraction of sp³-hybridized carbons (Fsp3) is 0.417. The molecule has 1 heterocycles. The fourth-order valence-corrected chi connectivity index (χ4v) is 1.70. The van der Waals surface area contributed by atoms with E-state index in [4.69, 9.17) is 0 Å². The van der Waals surface area contributed by atoms with Gasteiger partial charge in [-0.2, -0.15) is 0 Å². The molecule has 0 fully saturated rings. The van der Waals surface area contributed by atoms with E-state index >= 15 is 0 Å². The predicted octanol–water partition coefficient (Wildman–Crippen LogP) is 1.88. The Bertz CT molecular complexity index is 516. The highest BCUT2D eigenvalue weighted by atomic mass is 16.1. The van der Waals surface area contributed by atoms with Crippen molar-refractivity contribution in [1.29, 1.82) is 0 Å². The number of fused-ring (bicyclic) bond motifs is 1. The highest BCUT2D eigenvalue weighted by molar-refractivity contribution is 5.79. The van der Waals surface area contributed by atoms with Crippen molar-refractivity contribution in [3.05, 3.63) is 23.8 Å². The molecule has 0 bridgehead atoms. The molecule has 0 N–H and O–H groups in total. The summed E-state index contributed by atoms with van der Waals surface area (Å²) in [4.78, 5) is 11.2. The third-order valence-corrected chi connectivity index (χ3v) is 2.76. The normalized spacial score (nSPS) is 10.9. The molecule has 0 aliphatic rings. The molecule has 0 radical (unpaired) electrons. The minimum Gasteiger partial charge on any atom is -0.300 e. The standard InChI is InChI=1S/C12H15N3O/c1-3-10(16)6-4-9-5-7-12-11(8-9)13-14-15(12)2/h5,7-8H,3-4,6H2,1-2H3. The number of hydrogen-bond donors (Lipinski definition) is 0. The van der Waals surface area contributed by atoms with Gasteiger partial charge in [0.1, 0.15) is 11.3 Å². The van der Waals surface area contributed by atoms with E-state index in [2.05, 4.69) is 10.3 Å². The average Bonchev–Trinajstić information content (AvgIpc) is 2.67. The maximum Gasteiger partial charge on any atom is 0.132 e. The van der Waals surface area contributed by atoms with E-state index in [-0.39, 0.29) is 0 Å². The number of nitrogens with zero attached hydrogens (tertiary/aromatic N) is 3. The van der Waals surface area contributed by atoms with Crippen LogP contribution in [0, 0.1) is 0 Å². The molecule has 0 atom stereocenters. The van der Waals surface area contributed by atoms with Crippen LogP contribution >= 0.6 is 0 Å². The molecule has 84 valence electrons. The van der Waals surface area contributed by atoms with Crippen LogP contribution in [0.4, 0.5) is 0 Å². The fourth-order valence-electron chi connectivity index (χ4n) is 1.70. The van der Waals surface area contributed by atoms with Gasteiger partial charge in [0, 0.05) is 19.9 Å². The lowest BCUT2D eigenvalue weighted by molar-refractivity contribution is -0.118. The summed E-state index contributed by atoms with van der Waals surface area (Å²) in [6, 6.07) is 6.04. The second-order valence-electron chi connectivity index (χ2n) is 3.93. The van der Waals surface area contributed by atoms with Crippen LogP contribution in [-0.2, 0) is 18.3 Å². The van der Waals surface area contributed by atoms with Crippen LogP contribution in [0.3, 0.4) is 0 Å². The molecule has 2 rings (SSSR count). The van der Waals surface area contributed by atoms with Gasteiger partial charge < -0.3 is 0 Å². The molecule has 1 aromatic carbocycles. The van der Waals surface area contributed by atoms with Crippen molar-refractivity contribution in [1.82, 2.24) is 15.0 Å². The molecule has 16 heavy (non-hydrogen) atoms. The van der Waals surface area contributed by atoms with Crippen LogP contribution < -0.4 is 0 Å². The van der Waals surface area contributed by atoms with E-state index < -0.39 is 0 Å². The largest absolute Gasteiger partial charge is 0.300 e. The number of ketones is 1. The van der Waals surface area contributed by atoms with Crippen molar-refractivity contribution in [3.8, 4) is 0 Å². The van der Waals surface area contributed by atoms with E-state index in [1.165, 1.54) is 0 Å². The third-order valence-electron chi connectivity index (χ3n) is 2.76. The number of Topliss-reactive ketones (excluding diaryl/α,β-unsaturated/α-hetero) is 1. The van der Waals surface area contributed by atoms with Crippen molar-refractivity contribution in [2.75, 3.05) is 0 Å². The van der Waals surface area contributed by atoms with Crippen molar-refractivity contribution in [2.24, 2.45) is 7.05 Å². The first-order valence-corrected chi connectivity index (χ1v) is 5.50. The maximum atomic E-state index is 11.2. The monoisotopic (exact) mass is 217 g/mol. The molecule has 4 nitrogen and oxygen atoms in total. The molecule has 0 saturated carbocycles. The second-order valence-corrected chi connectivity index (χ2v) is 3.93. The van der Waals surface area contributed by atoms with Crippen LogP contribution in [0.25, 0.3) is 11.0 Å². The predicted molar refractivity (Wildman–Crippen MR) is 62.1 cm³/mol. The summed E-state index contributed by atoms with van der Waals surface area (Å²) in [5.41, 5.74) is 3.06. The molecule has 4 heteroatoms. The molecule has 0 aliphatic heterocycles. The maximum absolute atomic E-state index is 11.2. The molecule has 1 aromatic heterocycles. The molecule has 0 saturated heterocycles. The Hall–Kier alpha value is -1.71. The topological polar surface area (TPSA) is 47.8 Å². The van der Waals surface area contributed by atoms with E-state index in [0.717, 1.165) is 23.0 Å². The lowest BCUT2D eigenvalue weighted by Crippen LogP contribution is -1.97. The molecule has 0 spiro atoms. The van der Waals surface area contributed by atoms with Gasteiger partial charge in [-0.05, 0) is 24.1 Å². The number of carbonyl (C=O) groups excluding carboxylic acids is 1. The van der Waals surface area contributed by atoms with Gasteiger partial charge in [0.2, 0.25) is 0 Å². The first-order valence-electron chi connectivity index (χ1n) is 5.50. The number of rotatable bonds is 4. The van der Waals surface area contributed by atoms with Gasteiger partial charge in [-0.15, -0.1) is 5.10 Å². The molecule has 0 amide bonds. The number of carbonyl (C=O) groups is 1. The summed E-state index contributed by atoms with van der Waals surface area (Å²) in [6.07, 6.45) is 2.02. The van der Waals surface area contributed by atoms with Gasteiger partial charge in [-0.1, -0.05) is 18.2 Å². The molecule has 0 unspecified atom stereocenters.